The Kier molecular flexibility index (Phi) is 3.64. The first-order chi connectivity index (χ1) is 7.33. The third-order valence-corrected chi connectivity index (χ3v) is 3.07. The maximum Gasteiger partial charge on any atom is 0.265 e. The minimum Gasteiger partial charge on any atom is -0.393 e. The summed E-state index contributed by atoms with van der Waals surface area (Å²) in [4.78, 5) is 22.8. The highest BCUT2D eigenvalue weighted by molar-refractivity contribution is 7.80. The van der Waals surface area contributed by atoms with Gasteiger partial charge in [-0.3, -0.25) is 19.4 Å². The van der Waals surface area contributed by atoms with Gasteiger partial charge in [0.15, 0.2) is 0 Å². The average molecular weight is 241 g/mol. The molecular weight excluding hydrogens is 226 g/mol. The highest BCUT2D eigenvalue weighted by atomic mass is 32.1. The van der Waals surface area contributed by atoms with Gasteiger partial charge in [0, 0.05) is 24.1 Å². The van der Waals surface area contributed by atoms with Crippen LogP contribution in [0, 0.1) is 5.41 Å². The van der Waals surface area contributed by atoms with Crippen molar-refractivity contribution in [2.75, 3.05) is 0 Å². The second-order valence-electron chi connectivity index (χ2n) is 4.30. The van der Waals surface area contributed by atoms with Crippen molar-refractivity contribution in [3.8, 4) is 0 Å². The zero-order chi connectivity index (χ0) is 12.3. The van der Waals surface area contributed by atoms with Gasteiger partial charge in [0.25, 0.3) is 11.1 Å². The number of rotatable bonds is 4. The predicted octanol–water partition coefficient (Wildman–Crippen LogP) is 0.239. The Morgan fingerprint density at radius 2 is 2.12 bits per heavy atom. The summed E-state index contributed by atoms with van der Waals surface area (Å²) < 4.78 is 1.27. The maximum absolute atomic E-state index is 11.4. The molecule has 0 aliphatic rings. The number of aromatic nitrogens is 2. The van der Waals surface area contributed by atoms with Crippen LogP contribution in [0.3, 0.4) is 0 Å². The molecule has 0 bridgehead atoms. The summed E-state index contributed by atoms with van der Waals surface area (Å²) in [6.07, 6.45) is 0.599. The normalized spacial score (nSPS) is 11.4. The predicted molar refractivity (Wildman–Crippen MR) is 66.5 cm³/mol. The number of hydrogen-bond donors (Lipinski definition) is 2. The molecule has 1 aromatic heterocycles. The van der Waals surface area contributed by atoms with Gasteiger partial charge < -0.3 is 5.73 Å². The van der Waals surface area contributed by atoms with Crippen molar-refractivity contribution in [1.29, 1.82) is 0 Å². The molecule has 16 heavy (non-hydrogen) atoms. The van der Waals surface area contributed by atoms with Gasteiger partial charge in [-0.15, -0.1) is 0 Å². The van der Waals surface area contributed by atoms with Gasteiger partial charge in [-0.1, -0.05) is 26.1 Å². The molecule has 3 N–H and O–H groups in total. The molecular formula is C10H15N3O2S. The van der Waals surface area contributed by atoms with E-state index in [1.807, 2.05) is 13.8 Å². The van der Waals surface area contributed by atoms with Gasteiger partial charge in [0.2, 0.25) is 0 Å². The van der Waals surface area contributed by atoms with E-state index in [1.54, 1.807) is 0 Å². The van der Waals surface area contributed by atoms with Crippen LogP contribution in [0.4, 0.5) is 0 Å². The van der Waals surface area contributed by atoms with E-state index in [0.29, 0.717) is 18.0 Å². The van der Waals surface area contributed by atoms with Gasteiger partial charge in [0.1, 0.15) is 0 Å². The maximum atomic E-state index is 11.4. The van der Waals surface area contributed by atoms with E-state index >= 15 is 0 Å². The fraction of sp³-hybridized carbons (Fsp3) is 0.500. The fourth-order valence-electron chi connectivity index (χ4n) is 1.14. The van der Waals surface area contributed by atoms with E-state index in [9.17, 15) is 9.59 Å². The molecule has 0 spiro atoms. The number of nitrogens with one attached hydrogen (secondary N) is 1. The van der Waals surface area contributed by atoms with E-state index in [2.05, 4.69) is 5.10 Å². The number of aryl methyl sites for hydroxylation is 1. The van der Waals surface area contributed by atoms with Gasteiger partial charge in [-0.2, -0.15) is 0 Å². The molecule has 1 aromatic rings. The van der Waals surface area contributed by atoms with Crippen molar-refractivity contribution < 1.29 is 0 Å². The molecule has 0 saturated heterocycles. The molecule has 0 saturated carbocycles. The number of aromatic amines is 1. The monoisotopic (exact) mass is 241 g/mol. The summed E-state index contributed by atoms with van der Waals surface area (Å²) in [6, 6.07) is 2.45. The Morgan fingerprint density at radius 3 is 2.69 bits per heavy atom. The van der Waals surface area contributed by atoms with E-state index in [0.717, 1.165) is 0 Å². The van der Waals surface area contributed by atoms with Crippen molar-refractivity contribution >= 4 is 17.2 Å². The highest BCUT2D eigenvalue weighted by Crippen LogP contribution is 2.20. The zero-order valence-electron chi connectivity index (χ0n) is 9.32. The van der Waals surface area contributed by atoms with Crippen LogP contribution in [0.2, 0.25) is 0 Å². The first-order valence-electron chi connectivity index (χ1n) is 4.93. The van der Waals surface area contributed by atoms with Crippen LogP contribution in [0.1, 0.15) is 20.3 Å². The number of nitrogens with zero attached hydrogens (tertiary/aromatic N) is 1. The van der Waals surface area contributed by atoms with Gasteiger partial charge in [-0.25, -0.2) is 0 Å². The molecule has 0 aliphatic carbocycles. The van der Waals surface area contributed by atoms with Crippen molar-refractivity contribution in [2.24, 2.45) is 11.1 Å². The standard InChI is InChI=1S/C10H15N3O2S/c1-10(2,9(11)16)5-6-13-8(15)4-3-7(14)12-13/h3-4H,5-6H2,1-2H3,(H2,11,16)(H,12,14). The lowest BCUT2D eigenvalue weighted by atomic mass is 9.89. The lowest BCUT2D eigenvalue weighted by Gasteiger charge is -2.22. The average Bonchev–Trinajstić information content (AvgIpc) is 2.19. The lowest BCUT2D eigenvalue weighted by Crippen LogP contribution is -2.34. The Balaban J connectivity index is 2.83. The smallest absolute Gasteiger partial charge is 0.265 e. The van der Waals surface area contributed by atoms with Crippen LogP contribution >= 0.6 is 12.2 Å². The van der Waals surface area contributed by atoms with Crippen LogP contribution in [0.25, 0.3) is 0 Å². The Hall–Kier alpha value is -1.43. The molecule has 0 atom stereocenters. The zero-order valence-corrected chi connectivity index (χ0v) is 10.1. The minimum atomic E-state index is -0.332. The van der Waals surface area contributed by atoms with Crippen LogP contribution < -0.4 is 16.9 Å². The Labute approximate surface area is 98.3 Å². The summed E-state index contributed by atoms with van der Waals surface area (Å²) in [5, 5.41) is 2.45. The largest absolute Gasteiger partial charge is 0.393 e. The van der Waals surface area contributed by atoms with Crippen molar-refractivity contribution in [3.63, 3.8) is 0 Å². The molecule has 0 aromatic carbocycles. The SMILES string of the molecule is CC(C)(CCn1[nH]c(=O)ccc1=O)C(N)=S. The highest BCUT2D eigenvalue weighted by Gasteiger charge is 2.21. The number of H-pyrrole nitrogens is 1. The summed E-state index contributed by atoms with van der Waals surface area (Å²) in [6.45, 7) is 4.20. The minimum absolute atomic E-state index is 0.238. The topological polar surface area (TPSA) is 80.9 Å². The van der Waals surface area contributed by atoms with Crippen LogP contribution in [-0.2, 0) is 6.54 Å². The molecule has 0 unspecified atom stereocenters. The van der Waals surface area contributed by atoms with E-state index in [4.69, 9.17) is 18.0 Å². The first-order valence-corrected chi connectivity index (χ1v) is 5.34. The second kappa shape index (κ2) is 4.61. The van der Waals surface area contributed by atoms with Crippen molar-refractivity contribution in [1.82, 2.24) is 9.78 Å². The van der Waals surface area contributed by atoms with Crippen LogP contribution in [0.15, 0.2) is 21.7 Å². The summed E-state index contributed by atoms with van der Waals surface area (Å²) in [5.74, 6) is 0. The molecule has 1 rings (SSSR count). The fourth-order valence-corrected chi connectivity index (χ4v) is 1.24. The molecule has 0 amide bonds. The van der Waals surface area contributed by atoms with Gasteiger partial charge in [-0.05, 0) is 6.42 Å². The quantitative estimate of drug-likeness (QED) is 0.740. The molecule has 6 heteroatoms. The van der Waals surface area contributed by atoms with Crippen molar-refractivity contribution in [2.45, 2.75) is 26.8 Å². The molecule has 5 nitrogen and oxygen atoms in total. The molecule has 1 heterocycles. The van der Waals surface area contributed by atoms with Crippen LogP contribution in [-0.4, -0.2) is 14.8 Å². The number of hydrogen-bond acceptors (Lipinski definition) is 3. The number of nitrogens with two attached hydrogens (primary N) is 1. The van der Waals surface area contributed by atoms with E-state index < -0.39 is 0 Å². The molecule has 0 radical (unpaired) electrons. The van der Waals surface area contributed by atoms with Gasteiger partial charge in [0.05, 0.1) is 4.99 Å². The molecule has 0 aliphatic heterocycles. The lowest BCUT2D eigenvalue weighted by molar-refractivity contribution is 0.407. The number of thiocarbonyl (C=S) groups is 1. The summed E-state index contributed by atoms with van der Waals surface area (Å²) in [5.41, 5.74) is 4.71. The summed E-state index contributed by atoms with van der Waals surface area (Å²) in [7, 11) is 0. The third kappa shape index (κ3) is 3.03. The Bertz CT molecular complexity index is 501. The third-order valence-electron chi connectivity index (χ3n) is 2.52. The Morgan fingerprint density at radius 1 is 1.50 bits per heavy atom. The van der Waals surface area contributed by atoms with Crippen LogP contribution in [0.5, 0.6) is 0 Å². The van der Waals surface area contributed by atoms with Gasteiger partial charge >= 0.3 is 0 Å². The van der Waals surface area contributed by atoms with Crippen molar-refractivity contribution in [3.05, 3.63) is 32.8 Å². The summed E-state index contributed by atoms with van der Waals surface area (Å²) >= 11 is 4.92. The van der Waals surface area contributed by atoms with E-state index in [1.165, 1.54) is 16.8 Å². The second-order valence-corrected chi connectivity index (χ2v) is 4.74. The molecule has 88 valence electrons. The molecule has 0 fully saturated rings. The van der Waals surface area contributed by atoms with E-state index in [-0.39, 0.29) is 16.5 Å². The first kappa shape index (κ1) is 12.6.